The Morgan fingerprint density at radius 3 is 3.08 bits per heavy atom. The standard InChI is InChI=1S/C7H6ClN3O/c8-10-5-6-3-1-2-4-7(6)11(12)9-10/h1-4H,5H2. The van der Waals surface area contributed by atoms with Gasteiger partial charge in [-0.1, -0.05) is 22.7 Å². The highest BCUT2D eigenvalue weighted by Crippen LogP contribution is 2.25. The molecule has 0 aliphatic carbocycles. The summed E-state index contributed by atoms with van der Waals surface area (Å²) in [4.78, 5) is 0.520. The molecule has 0 N–H and O–H groups in total. The maximum atomic E-state index is 11.1. The number of fused-ring (bicyclic) bond motifs is 1. The molecule has 0 spiro atoms. The lowest BCUT2D eigenvalue weighted by atomic mass is 10.2. The van der Waals surface area contributed by atoms with Crippen LogP contribution < -0.4 is 0 Å². The number of hydrogen-bond donors (Lipinski definition) is 0. The molecule has 0 radical (unpaired) electrons. The molecule has 1 aliphatic heterocycles. The molecule has 1 aromatic rings. The van der Waals surface area contributed by atoms with Crippen LogP contribution >= 0.6 is 11.8 Å². The van der Waals surface area contributed by atoms with E-state index in [9.17, 15) is 5.21 Å². The van der Waals surface area contributed by atoms with E-state index >= 15 is 0 Å². The molecule has 5 heteroatoms. The molecule has 12 heavy (non-hydrogen) atoms. The fraction of sp³-hybridized carbons (Fsp3) is 0.143. The lowest BCUT2D eigenvalue weighted by Crippen LogP contribution is -2.14. The lowest BCUT2D eigenvalue weighted by molar-refractivity contribution is -0.463. The third-order valence-corrected chi connectivity index (χ3v) is 1.86. The van der Waals surface area contributed by atoms with E-state index in [-0.39, 0.29) is 0 Å². The van der Waals surface area contributed by atoms with Crippen LogP contribution in [-0.4, -0.2) is 9.39 Å². The molecule has 62 valence electrons. The van der Waals surface area contributed by atoms with Gasteiger partial charge in [-0.05, 0) is 6.07 Å². The first-order chi connectivity index (χ1) is 5.77. The van der Waals surface area contributed by atoms with Gasteiger partial charge in [0.1, 0.15) is 5.22 Å². The van der Waals surface area contributed by atoms with Crippen LogP contribution in [-0.2, 0) is 6.54 Å². The molecule has 0 saturated carbocycles. The van der Waals surface area contributed by atoms with Crippen molar-refractivity contribution in [2.75, 3.05) is 0 Å². The van der Waals surface area contributed by atoms with Gasteiger partial charge in [0.2, 0.25) is 0 Å². The molecule has 0 saturated heterocycles. The van der Waals surface area contributed by atoms with E-state index in [0.717, 1.165) is 10.1 Å². The van der Waals surface area contributed by atoms with Gasteiger partial charge in [-0.15, -0.1) is 4.86 Å². The first-order valence-corrected chi connectivity index (χ1v) is 3.81. The van der Waals surface area contributed by atoms with Crippen LogP contribution in [0.3, 0.4) is 0 Å². The second-order valence-corrected chi connectivity index (χ2v) is 2.88. The van der Waals surface area contributed by atoms with Crippen molar-refractivity contribution in [3.05, 3.63) is 35.0 Å². The van der Waals surface area contributed by atoms with Crippen molar-refractivity contribution >= 4 is 17.5 Å². The topological polar surface area (TPSA) is 41.7 Å². The van der Waals surface area contributed by atoms with E-state index in [2.05, 4.69) is 5.22 Å². The monoisotopic (exact) mass is 183 g/mol. The summed E-state index contributed by atoms with van der Waals surface area (Å²) < 4.78 is 1.09. The average Bonchev–Trinajstić information content (AvgIpc) is 2.04. The van der Waals surface area contributed by atoms with Crippen LogP contribution in [0.5, 0.6) is 0 Å². The summed E-state index contributed by atoms with van der Waals surface area (Å²) in [5, 5.41) is 14.6. The first kappa shape index (κ1) is 7.36. The predicted molar refractivity (Wildman–Crippen MR) is 43.6 cm³/mol. The van der Waals surface area contributed by atoms with Crippen molar-refractivity contribution in [2.24, 2.45) is 5.22 Å². The molecule has 1 heterocycles. The average molecular weight is 184 g/mol. The van der Waals surface area contributed by atoms with Crippen molar-refractivity contribution in [3.63, 3.8) is 0 Å². The zero-order valence-corrected chi connectivity index (χ0v) is 6.90. The number of para-hydroxylation sites is 1. The molecule has 1 aliphatic rings. The summed E-state index contributed by atoms with van der Waals surface area (Å²) in [5.41, 5.74) is 1.45. The minimum Gasteiger partial charge on any atom is -0.691 e. The summed E-state index contributed by atoms with van der Waals surface area (Å²) in [7, 11) is 0. The Hall–Kier alpha value is -1.29. The van der Waals surface area contributed by atoms with Gasteiger partial charge >= 0.3 is 0 Å². The predicted octanol–water partition coefficient (Wildman–Crippen LogP) is 2.17. The van der Waals surface area contributed by atoms with Crippen molar-refractivity contribution < 1.29 is 4.86 Å². The number of halogens is 1. The molecule has 4 nitrogen and oxygen atoms in total. The highest BCUT2D eigenvalue weighted by Gasteiger charge is 2.19. The number of benzene rings is 1. The maximum absolute atomic E-state index is 11.1. The van der Waals surface area contributed by atoms with Crippen molar-refractivity contribution in [3.8, 4) is 0 Å². The Labute approximate surface area is 74.3 Å². The highest BCUT2D eigenvalue weighted by atomic mass is 35.5. The van der Waals surface area contributed by atoms with E-state index in [4.69, 9.17) is 11.8 Å². The van der Waals surface area contributed by atoms with Gasteiger partial charge in [0.15, 0.2) is 24.0 Å². The Morgan fingerprint density at radius 1 is 1.50 bits per heavy atom. The number of hydrogen-bond acceptors (Lipinski definition) is 3. The quantitative estimate of drug-likeness (QED) is 0.351. The summed E-state index contributed by atoms with van der Waals surface area (Å²) in [6.07, 6.45) is 0. The SMILES string of the molecule is [O-][N+]1=NN(Cl)Cc2ccccc21. The van der Waals surface area contributed by atoms with Crippen molar-refractivity contribution in [1.29, 1.82) is 0 Å². The Morgan fingerprint density at radius 2 is 2.25 bits per heavy atom. The molecule has 0 bridgehead atoms. The van der Waals surface area contributed by atoms with E-state index in [1.807, 2.05) is 12.1 Å². The maximum Gasteiger partial charge on any atom is 0.164 e. The number of rotatable bonds is 0. The first-order valence-electron chi connectivity index (χ1n) is 3.47. The molecular weight excluding hydrogens is 178 g/mol. The van der Waals surface area contributed by atoms with Gasteiger partial charge in [0.25, 0.3) is 0 Å². The van der Waals surface area contributed by atoms with Gasteiger partial charge in [-0.25, -0.2) is 0 Å². The lowest BCUT2D eigenvalue weighted by Gasteiger charge is -2.15. The van der Waals surface area contributed by atoms with Crippen LogP contribution in [0.4, 0.5) is 5.69 Å². The smallest absolute Gasteiger partial charge is 0.164 e. The van der Waals surface area contributed by atoms with Crippen LogP contribution in [0.15, 0.2) is 29.5 Å². The summed E-state index contributed by atoms with van der Waals surface area (Å²) in [5.74, 6) is 0. The van der Waals surface area contributed by atoms with E-state index in [1.54, 1.807) is 12.1 Å². The minimum atomic E-state index is 0.469. The molecule has 0 atom stereocenters. The number of nitrogens with zero attached hydrogens (tertiary/aromatic N) is 3. The van der Waals surface area contributed by atoms with Gasteiger partial charge in [-0.3, -0.25) is 0 Å². The van der Waals surface area contributed by atoms with E-state index < -0.39 is 0 Å². The van der Waals surface area contributed by atoms with Crippen molar-refractivity contribution in [2.45, 2.75) is 6.54 Å². The molecule has 0 fully saturated rings. The molecule has 2 rings (SSSR count). The molecular formula is C7H6ClN3O. The van der Waals surface area contributed by atoms with Crippen LogP contribution in [0.25, 0.3) is 0 Å². The Bertz CT molecular complexity index is 339. The fourth-order valence-corrected chi connectivity index (χ4v) is 1.33. The van der Waals surface area contributed by atoms with Gasteiger partial charge in [0, 0.05) is 5.56 Å². The Balaban J connectivity index is 2.53. The van der Waals surface area contributed by atoms with E-state index in [0.29, 0.717) is 17.1 Å². The van der Waals surface area contributed by atoms with E-state index in [1.165, 1.54) is 0 Å². The highest BCUT2D eigenvalue weighted by molar-refractivity contribution is 6.13. The van der Waals surface area contributed by atoms with Gasteiger partial charge in [-0.2, -0.15) is 0 Å². The van der Waals surface area contributed by atoms with Crippen molar-refractivity contribution in [1.82, 2.24) is 4.53 Å². The Kier molecular flexibility index (Phi) is 1.62. The van der Waals surface area contributed by atoms with Gasteiger partial charge in [0.05, 0.1) is 0 Å². The normalized spacial score (nSPS) is 15.4. The molecule has 0 unspecified atom stereocenters. The third-order valence-electron chi connectivity index (χ3n) is 1.68. The third kappa shape index (κ3) is 1.10. The summed E-state index contributed by atoms with van der Waals surface area (Å²) in [6, 6.07) is 7.23. The van der Waals surface area contributed by atoms with Gasteiger partial charge < -0.3 is 5.21 Å². The second-order valence-electron chi connectivity index (χ2n) is 2.49. The second kappa shape index (κ2) is 2.64. The summed E-state index contributed by atoms with van der Waals surface area (Å²) >= 11 is 5.56. The largest absolute Gasteiger partial charge is 0.691 e. The zero-order chi connectivity index (χ0) is 8.55. The van der Waals surface area contributed by atoms with Crippen LogP contribution in [0.2, 0.25) is 0 Å². The fourth-order valence-electron chi connectivity index (χ4n) is 1.14. The molecule has 0 amide bonds. The molecule has 0 aromatic heterocycles. The van der Waals surface area contributed by atoms with Crippen LogP contribution in [0.1, 0.15) is 5.56 Å². The molecule has 1 aromatic carbocycles. The summed E-state index contributed by atoms with van der Waals surface area (Å²) in [6.45, 7) is 0.469. The van der Waals surface area contributed by atoms with Crippen LogP contribution in [0, 0.1) is 5.21 Å². The zero-order valence-electron chi connectivity index (χ0n) is 6.14. The minimum absolute atomic E-state index is 0.469.